The minimum atomic E-state index is -4.98. The molecule has 0 aliphatic carbocycles. The summed E-state index contributed by atoms with van der Waals surface area (Å²) >= 11 is 0. The van der Waals surface area contributed by atoms with Crippen LogP contribution in [-0.2, 0) is 4.79 Å². The quantitative estimate of drug-likeness (QED) is 0.754. The van der Waals surface area contributed by atoms with Crippen LogP contribution in [0.5, 0.6) is 5.75 Å². The van der Waals surface area contributed by atoms with Crippen molar-refractivity contribution >= 4 is 11.6 Å². The van der Waals surface area contributed by atoms with Crippen molar-refractivity contribution in [3.63, 3.8) is 0 Å². The summed E-state index contributed by atoms with van der Waals surface area (Å²) < 4.78 is 54.5. The van der Waals surface area contributed by atoms with Gasteiger partial charge in [-0.05, 0) is 36.8 Å². The molecular formula is C19H19F4N3O3. The van der Waals surface area contributed by atoms with Gasteiger partial charge in [-0.1, -0.05) is 0 Å². The lowest BCUT2D eigenvalue weighted by atomic mass is 10.0. The number of pyridine rings is 1. The lowest BCUT2D eigenvalue weighted by Gasteiger charge is -2.37. The lowest BCUT2D eigenvalue weighted by Crippen LogP contribution is -2.53. The van der Waals surface area contributed by atoms with E-state index in [9.17, 15) is 27.5 Å². The molecule has 6 nitrogen and oxygen atoms in total. The number of benzene rings is 1. The number of aromatic nitrogens is 1. The van der Waals surface area contributed by atoms with Crippen LogP contribution in [0.2, 0.25) is 0 Å². The maximum atomic E-state index is 14.0. The number of carbonyl (C=O) groups excluding carboxylic acids is 1. The molecule has 1 aliphatic rings. The normalized spacial score (nSPS) is 19.7. The highest BCUT2D eigenvalue weighted by molar-refractivity contribution is 5.73. The van der Waals surface area contributed by atoms with Crippen molar-refractivity contribution in [2.45, 2.75) is 31.9 Å². The van der Waals surface area contributed by atoms with E-state index in [2.05, 4.69) is 15.0 Å². The predicted molar refractivity (Wildman–Crippen MR) is 96.8 cm³/mol. The number of carbonyl (C=O) groups is 1. The van der Waals surface area contributed by atoms with Crippen LogP contribution in [0.15, 0.2) is 36.5 Å². The van der Waals surface area contributed by atoms with Gasteiger partial charge in [-0.25, -0.2) is 4.39 Å². The van der Waals surface area contributed by atoms with Gasteiger partial charge in [0.1, 0.15) is 0 Å². The maximum absolute atomic E-state index is 14.0. The van der Waals surface area contributed by atoms with Crippen molar-refractivity contribution < 1.29 is 32.2 Å². The smallest absolute Gasteiger partial charge is 0.403 e. The van der Waals surface area contributed by atoms with Gasteiger partial charge in [0.05, 0.1) is 17.8 Å². The van der Waals surface area contributed by atoms with E-state index < -0.39 is 24.0 Å². The molecule has 2 unspecified atom stereocenters. The van der Waals surface area contributed by atoms with Gasteiger partial charge in [-0.3, -0.25) is 9.78 Å². The number of nitrogens with zero attached hydrogens (tertiary/aromatic N) is 2. The zero-order valence-electron chi connectivity index (χ0n) is 15.4. The molecule has 0 radical (unpaired) electrons. The van der Waals surface area contributed by atoms with Crippen LogP contribution < -0.4 is 15.0 Å². The number of piperidine rings is 1. The molecule has 2 aromatic rings. The maximum Gasteiger partial charge on any atom is 0.573 e. The Balaban J connectivity index is 1.77. The molecule has 10 heteroatoms. The summed E-state index contributed by atoms with van der Waals surface area (Å²) in [7, 11) is 0. The number of rotatable bonds is 4. The van der Waals surface area contributed by atoms with Crippen LogP contribution in [0, 0.1) is 5.82 Å². The Labute approximate surface area is 164 Å². The van der Waals surface area contributed by atoms with E-state index in [1.807, 2.05) is 4.90 Å². The second-order valence-corrected chi connectivity index (χ2v) is 6.70. The summed E-state index contributed by atoms with van der Waals surface area (Å²) in [5.41, 5.74) is 1.36. The molecular weight excluding hydrogens is 394 g/mol. The molecule has 2 atom stereocenters. The summed E-state index contributed by atoms with van der Waals surface area (Å²) in [6, 6.07) is 6.14. The minimum Gasteiger partial charge on any atom is -0.403 e. The number of ether oxygens (including phenoxy) is 1. The monoisotopic (exact) mass is 413 g/mol. The fourth-order valence-electron chi connectivity index (χ4n) is 3.24. The van der Waals surface area contributed by atoms with Gasteiger partial charge < -0.3 is 20.1 Å². The predicted octanol–water partition coefficient (Wildman–Crippen LogP) is 2.86. The van der Waals surface area contributed by atoms with Crippen LogP contribution in [0.3, 0.4) is 0 Å². The highest BCUT2D eigenvalue weighted by Gasteiger charge is 2.32. The molecule has 0 spiro atoms. The van der Waals surface area contributed by atoms with Crippen LogP contribution in [0.1, 0.15) is 13.3 Å². The van der Waals surface area contributed by atoms with Crippen molar-refractivity contribution in [3.8, 4) is 17.0 Å². The van der Waals surface area contributed by atoms with Crippen molar-refractivity contribution in [2.75, 3.05) is 18.0 Å². The van der Waals surface area contributed by atoms with Crippen LogP contribution in [-0.4, -0.2) is 47.6 Å². The van der Waals surface area contributed by atoms with Gasteiger partial charge in [-0.2, -0.15) is 0 Å². The Hall–Kier alpha value is -2.88. The number of aliphatic hydroxyl groups excluding tert-OH is 1. The van der Waals surface area contributed by atoms with Gasteiger partial charge in [-0.15, -0.1) is 13.2 Å². The number of nitrogens with one attached hydrogen (secondary N) is 1. The number of halogens is 4. The first kappa shape index (κ1) is 20.8. The first-order valence-electron chi connectivity index (χ1n) is 8.84. The van der Waals surface area contributed by atoms with E-state index >= 15 is 0 Å². The van der Waals surface area contributed by atoms with Crippen LogP contribution in [0.25, 0.3) is 11.3 Å². The Bertz CT molecular complexity index is 891. The number of alkyl halides is 3. The van der Waals surface area contributed by atoms with Gasteiger partial charge >= 0.3 is 6.36 Å². The van der Waals surface area contributed by atoms with Gasteiger partial charge in [0.2, 0.25) is 5.91 Å². The number of β-amino-alcohol motifs (C(OH)–C–C–N with tert-alkyl or cyclic N) is 1. The standard InChI is InChI=1S/C19H19F4N3O3/c1-11(27)25-15-5-7-26(10-17(15)28)13-4-6-24-16(9-13)12-2-3-18(14(20)8-12)29-19(21,22)23/h2-4,6,8-9,15,17,28H,5,7,10H2,1H3,(H,25,27). The minimum absolute atomic E-state index is 0.214. The average molecular weight is 413 g/mol. The number of aliphatic hydroxyl groups is 1. The Kier molecular flexibility index (Phi) is 5.92. The average Bonchev–Trinajstić information content (AvgIpc) is 2.64. The third-order valence-electron chi connectivity index (χ3n) is 4.53. The van der Waals surface area contributed by atoms with Crippen molar-refractivity contribution in [1.82, 2.24) is 10.3 Å². The first-order chi connectivity index (χ1) is 13.6. The summed E-state index contributed by atoms with van der Waals surface area (Å²) in [6.45, 7) is 2.23. The summed E-state index contributed by atoms with van der Waals surface area (Å²) in [6.07, 6.45) is -3.71. The number of hydrogen-bond donors (Lipinski definition) is 2. The van der Waals surface area contributed by atoms with Crippen molar-refractivity contribution in [3.05, 3.63) is 42.3 Å². The number of hydrogen-bond acceptors (Lipinski definition) is 5. The van der Waals surface area contributed by atoms with E-state index in [1.165, 1.54) is 19.2 Å². The van der Waals surface area contributed by atoms with Crippen molar-refractivity contribution in [2.24, 2.45) is 0 Å². The molecule has 0 saturated carbocycles. The number of anilines is 1. The summed E-state index contributed by atoms with van der Waals surface area (Å²) in [5.74, 6) is -2.28. The molecule has 1 aromatic heterocycles. The van der Waals surface area contributed by atoms with E-state index in [1.54, 1.807) is 12.1 Å². The molecule has 1 fully saturated rings. The second kappa shape index (κ2) is 8.24. The largest absolute Gasteiger partial charge is 0.573 e. The molecule has 0 bridgehead atoms. The Morgan fingerprint density at radius 2 is 2.07 bits per heavy atom. The van der Waals surface area contributed by atoms with E-state index in [0.717, 1.165) is 12.1 Å². The molecule has 3 rings (SSSR count). The van der Waals surface area contributed by atoms with Crippen LogP contribution >= 0.6 is 0 Å². The van der Waals surface area contributed by atoms with Crippen molar-refractivity contribution in [1.29, 1.82) is 0 Å². The lowest BCUT2D eigenvalue weighted by molar-refractivity contribution is -0.275. The van der Waals surface area contributed by atoms with Gasteiger partial charge in [0.25, 0.3) is 0 Å². The van der Waals surface area contributed by atoms with E-state index in [0.29, 0.717) is 24.3 Å². The molecule has 2 N–H and O–H groups in total. The highest BCUT2D eigenvalue weighted by atomic mass is 19.4. The molecule has 156 valence electrons. The zero-order chi connectivity index (χ0) is 21.2. The van der Waals surface area contributed by atoms with E-state index in [4.69, 9.17) is 0 Å². The molecule has 29 heavy (non-hydrogen) atoms. The first-order valence-corrected chi connectivity index (χ1v) is 8.84. The molecule has 2 heterocycles. The topological polar surface area (TPSA) is 74.7 Å². The summed E-state index contributed by atoms with van der Waals surface area (Å²) in [4.78, 5) is 17.2. The molecule has 1 aliphatic heterocycles. The fourth-order valence-corrected chi connectivity index (χ4v) is 3.24. The number of amides is 1. The Morgan fingerprint density at radius 3 is 2.69 bits per heavy atom. The highest BCUT2D eigenvalue weighted by Crippen LogP contribution is 2.30. The second-order valence-electron chi connectivity index (χ2n) is 6.70. The molecule has 1 saturated heterocycles. The van der Waals surface area contributed by atoms with Gasteiger partial charge in [0, 0.05) is 37.5 Å². The summed E-state index contributed by atoms with van der Waals surface area (Å²) in [5, 5.41) is 13.0. The zero-order valence-corrected chi connectivity index (χ0v) is 15.4. The third-order valence-corrected chi connectivity index (χ3v) is 4.53. The SMILES string of the molecule is CC(=O)NC1CCN(c2ccnc(-c3ccc(OC(F)(F)F)c(F)c3)c2)CC1O. The molecule has 1 aromatic carbocycles. The molecule has 1 amide bonds. The fraction of sp³-hybridized carbons (Fsp3) is 0.368. The van der Waals surface area contributed by atoms with E-state index in [-0.39, 0.29) is 24.1 Å². The third kappa shape index (κ3) is 5.35. The van der Waals surface area contributed by atoms with Gasteiger partial charge in [0.15, 0.2) is 11.6 Å². The van der Waals surface area contributed by atoms with Crippen LogP contribution in [0.4, 0.5) is 23.2 Å². The Morgan fingerprint density at radius 1 is 1.31 bits per heavy atom.